The van der Waals surface area contributed by atoms with Crippen LogP contribution in [0, 0.1) is 0 Å². The van der Waals surface area contributed by atoms with Gasteiger partial charge in [-0.1, -0.05) is 54.6 Å². The maximum Gasteiger partial charge on any atom is 0.341 e. The second kappa shape index (κ2) is 6.68. The molecule has 0 atom stereocenters. The molecule has 3 nitrogen and oxygen atoms in total. The zero-order chi connectivity index (χ0) is 15.2. The molecule has 108 valence electrons. The molecule has 3 heteroatoms. The molecule has 1 heterocycles. The first-order valence-electron chi connectivity index (χ1n) is 7.22. The molecule has 1 N–H and O–H groups in total. The number of rotatable bonds is 4. The number of hydrogen-bond donors (Lipinski definition) is 0. The van der Waals surface area contributed by atoms with Crippen LogP contribution >= 0.6 is 0 Å². The van der Waals surface area contributed by atoms with Crippen LogP contribution in [0.25, 0.3) is 0 Å². The van der Waals surface area contributed by atoms with Crippen molar-refractivity contribution in [3.05, 3.63) is 96.2 Å². The average molecular weight is 289 g/mol. The topological polar surface area (TPSA) is 34.5 Å². The van der Waals surface area contributed by atoms with Crippen molar-refractivity contribution in [1.82, 2.24) is 0 Å². The van der Waals surface area contributed by atoms with E-state index in [1.807, 2.05) is 85.1 Å². The normalized spacial score (nSPS) is 10.2. The van der Waals surface area contributed by atoms with E-state index in [0.717, 1.165) is 11.4 Å². The summed E-state index contributed by atoms with van der Waals surface area (Å²) < 4.78 is 0. The number of benzene rings is 2. The molecule has 0 unspecified atom stereocenters. The lowest BCUT2D eigenvalue weighted by atomic mass is 10.1. The van der Waals surface area contributed by atoms with Gasteiger partial charge in [0.25, 0.3) is 5.82 Å². The summed E-state index contributed by atoms with van der Waals surface area (Å²) in [5, 5.41) is 0. The molecule has 0 fully saturated rings. The predicted octanol–water partition coefficient (Wildman–Crippen LogP) is 3.35. The van der Waals surface area contributed by atoms with Crippen molar-refractivity contribution in [2.45, 2.75) is 6.54 Å². The van der Waals surface area contributed by atoms with E-state index in [-0.39, 0.29) is 5.91 Å². The number of carbonyl (C=O) groups is 1. The van der Waals surface area contributed by atoms with Crippen molar-refractivity contribution >= 4 is 11.7 Å². The Balaban J connectivity index is 1.95. The van der Waals surface area contributed by atoms with Gasteiger partial charge in [0.2, 0.25) is 0 Å². The number of carbonyl (C=O) groups excluding carboxylic acids is 1. The molecule has 0 aliphatic heterocycles. The van der Waals surface area contributed by atoms with Gasteiger partial charge in [-0.05, 0) is 23.8 Å². The molecule has 0 spiro atoms. The average Bonchev–Trinajstić information content (AvgIpc) is 2.61. The van der Waals surface area contributed by atoms with Crippen LogP contribution in [0.5, 0.6) is 0 Å². The van der Waals surface area contributed by atoms with Crippen LogP contribution < -0.4 is 9.88 Å². The van der Waals surface area contributed by atoms with Crippen molar-refractivity contribution in [3.8, 4) is 0 Å². The second-order valence-corrected chi connectivity index (χ2v) is 4.99. The first-order chi connectivity index (χ1) is 10.8. The van der Waals surface area contributed by atoms with Crippen LogP contribution in [0.15, 0.2) is 85.1 Å². The zero-order valence-corrected chi connectivity index (χ0v) is 12.1. The zero-order valence-electron chi connectivity index (χ0n) is 12.1. The Morgan fingerprint density at radius 3 is 2.09 bits per heavy atom. The number of aromatic nitrogens is 1. The van der Waals surface area contributed by atoms with Gasteiger partial charge in [-0.15, -0.1) is 0 Å². The van der Waals surface area contributed by atoms with E-state index in [1.165, 1.54) is 0 Å². The van der Waals surface area contributed by atoms with Crippen LogP contribution in [0.3, 0.4) is 0 Å². The van der Waals surface area contributed by atoms with Crippen molar-refractivity contribution in [2.75, 3.05) is 4.90 Å². The number of amides is 1. The summed E-state index contributed by atoms with van der Waals surface area (Å²) in [6, 6.07) is 25.0. The number of H-pyrrole nitrogens is 1. The number of nitrogens with one attached hydrogen (secondary N) is 1. The summed E-state index contributed by atoms with van der Waals surface area (Å²) in [7, 11) is 0. The second-order valence-electron chi connectivity index (χ2n) is 4.99. The summed E-state index contributed by atoms with van der Waals surface area (Å²) in [6.07, 6.45) is 1.82. The molecule has 0 bridgehead atoms. The lowest BCUT2D eigenvalue weighted by Gasteiger charge is -2.14. The molecule has 0 aliphatic rings. The Labute approximate surface area is 129 Å². The number of anilines is 1. The van der Waals surface area contributed by atoms with Crippen molar-refractivity contribution < 1.29 is 9.78 Å². The maximum absolute atomic E-state index is 12.9. The van der Waals surface area contributed by atoms with Crippen molar-refractivity contribution in [1.29, 1.82) is 0 Å². The van der Waals surface area contributed by atoms with Gasteiger partial charge in [0.05, 0.1) is 11.8 Å². The fourth-order valence-electron chi connectivity index (χ4n) is 2.32. The van der Waals surface area contributed by atoms with Crippen molar-refractivity contribution in [3.63, 3.8) is 0 Å². The van der Waals surface area contributed by atoms with Crippen LogP contribution in [0.4, 0.5) is 5.82 Å². The van der Waals surface area contributed by atoms with Gasteiger partial charge in [-0.25, -0.2) is 9.78 Å². The van der Waals surface area contributed by atoms with Gasteiger partial charge in [0, 0.05) is 6.07 Å². The lowest BCUT2D eigenvalue weighted by molar-refractivity contribution is -0.363. The fourth-order valence-corrected chi connectivity index (χ4v) is 2.32. The highest BCUT2D eigenvalue weighted by Gasteiger charge is 2.25. The Bertz CT molecular complexity index is 727. The SMILES string of the molecule is O=C(c1ccccc1)N(Cc1ccccc1)c1cccc[nH+]1. The molecule has 0 saturated carbocycles. The largest absolute Gasteiger partial charge is 0.341 e. The number of aromatic amines is 1. The molecule has 22 heavy (non-hydrogen) atoms. The Morgan fingerprint density at radius 1 is 0.818 bits per heavy atom. The minimum absolute atomic E-state index is 0.0214. The van der Waals surface area contributed by atoms with Crippen LogP contribution in [0.2, 0.25) is 0 Å². The van der Waals surface area contributed by atoms with Gasteiger partial charge in [0.1, 0.15) is 6.54 Å². The summed E-state index contributed by atoms with van der Waals surface area (Å²) >= 11 is 0. The highest BCUT2D eigenvalue weighted by Crippen LogP contribution is 2.15. The van der Waals surface area contributed by atoms with E-state index in [1.54, 1.807) is 4.90 Å². The third-order valence-electron chi connectivity index (χ3n) is 3.43. The summed E-state index contributed by atoms with van der Waals surface area (Å²) in [5.41, 5.74) is 1.76. The first-order valence-corrected chi connectivity index (χ1v) is 7.22. The summed E-state index contributed by atoms with van der Waals surface area (Å²) in [6.45, 7) is 0.523. The van der Waals surface area contributed by atoms with Crippen LogP contribution in [0.1, 0.15) is 15.9 Å². The highest BCUT2D eigenvalue weighted by molar-refractivity contribution is 6.05. The van der Waals surface area contributed by atoms with Gasteiger partial charge >= 0.3 is 5.91 Å². The molecule has 2 aromatic carbocycles. The number of pyridine rings is 1. The smallest absolute Gasteiger partial charge is 0.247 e. The fraction of sp³-hybridized carbons (Fsp3) is 0.0526. The van der Waals surface area contributed by atoms with Gasteiger partial charge < -0.3 is 0 Å². The third-order valence-corrected chi connectivity index (χ3v) is 3.43. The molecule has 0 saturated heterocycles. The monoisotopic (exact) mass is 289 g/mol. The van der Waals surface area contributed by atoms with Crippen LogP contribution in [-0.2, 0) is 6.54 Å². The van der Waals surface area contributed by atoms with Crippen molar-refractivity contribution in [2.24, 2.45) is 0 Å². The Kier molecular flexibility index (Phi) is 4.25. The summed E-state index contributed by atoms with van der Waals surface area (Å²) in [5.74, 6) is 0.757. The molecule has 0 aliphatic carbocycles. The molecular formula is C19H17N2O+. The van der Waals surface area contributed by atoms with Gasteiger partial charge in [-0.2, -0.15) is 4.90 Å². The summed E-state index contributed by atoms with van der Waals surface area (Å²) in [4.78, 5) is 17.8. The molecule has 3 aromatic rings. The molecule has 0 radical (unpaired) electrons. The maximum atomic E-state index is 12.9. The standard InChI is InChI=1S/C19H16N2O/c22-19(17-11-5-2-6-12-17)21(18-13-7-8-14-20-18)15-16-9-3-1-4-10-16/h1-14H,15H2/p+1. The first kappa shape index (κ1) is 14.0. The van der Waals surface area contributed by atoms with E-state index in [9.17, 15) is 4.79 Å². The Morgan fingerprint density at radius 2 is 1.45 bits per heavy atom. The van der Waals surface area contributed by atoms with E-state index in [4.69, 9.17) is 0 Å². The van der Waals surface area contributed by atoms with Gasteiger partial charge in [0.15, 0.2) is 0 Å². The minimum Gasteiger partial charge on any atom is -0.247 e. The molecule has 1 amide bonds. The molecular weight excluding hydrogens is 272 g/mol. The van der Waals surface area contributed by atoms with E-state index >= 15 is 0 Å². The van der Waals surface area contributed by atoms with E-state index in [2.05, 4.69) is 4.98 Å². The molecule has 1 aromatic heterocycles. The lowest BCUT2D eigenvalue weighted by Crippen LogP contribution is -2.34. The molecule has 3 rings (SSSR count). The van der Waals surface area contributed by atoms with Gasteiger partial charge in [-0.3, -0.25) is 0 Å². The predicted molar refractivity (Wildman–Crippen MR) is 86.4 cm³/mol. The van der Waals surface area contributed by atoms with Crippen LogP contribution in [-0.4, -0.2) is 5.91 Å². The quantitative estimate of drug-likeness (QED) is 0.725. The minimum atomic E-state index is -0.0214. The highest BCUT2D eigenvalue weighted by atomic mass is 16.2. The Hall–Kier alpha value is -2.94. The van der Waals surface area contributed by atoms with E-state index < -0.39 is 0 Å². The number of nitrogens with zero attached hydrogens (tertiary/aromatic N) is 1. The third kappa shape index (κ3) is 3.20. The van der Waals surface area contributed by atoms with E-state index in [0.29, 0.717) is 12.1 Å². The number of hydrogen-bond acceptors (Lipinski definition) is 1.